The van der Waals surface area contributed by atoms with Crippen molar-refractivity contribution in [2.45, 2.75) is 33.2 Å². The molecule has 0 aliphatic carbocycles. The number of amides is 1. The largest absolute Gasteiger partial charge is 0.394 e. The average Bonchev–Trinajstić information content (AvgIpc) is 2.25. The van der Waals surface area contributed by atoms with E-state index in [1.807, 2.05) is 0 Å². The van der Waals surface area contributed by atoms with Crippen LogP contribution in [0.4, 0.5) is 0 Å². The third-order valence-electron chi connectivity index (χ3n) is 3.20. The predicted octanol–water partition coefficient (Wildman–Crippen LogP) is 0.557. The van der Waals surface area contributed by atoms with Crippen molar-refractivity contribution in [3.63, 3.8) is 0 Å². The molecule has 1 N–H and O–H groups in total. The Balaban J connectivity index is 2.42. The fraction of sp³-hybridized carbons (Fsp3) is 0.917. The van der Waals surface area contributed by atoms with Crippen molar-refractivity contribution in [1.82, 2.24) is 9.80 Å². The number of carbonyl (C=O) groups is 1. The molecule has 4 heteroatoms. The number of carbonyl (C=O) groups excluding carboxylic acids is 1. The normalized spacial score (nSPS) is 22.8. The molecular formula is C12H24N2O2. The minimum Gasteiger partial charge on any atom is -0.394 e. The van der Waals surface area contributed by atoms with Gasteiger partial charge >= 0.3 is 0 Å². The van der Waals surface area contributed by atoms with Crippen LogP contribution < -0.4 is 0 Å². The molecule has 1 aliphatic rings. The molecule has 4 nitrogen and oxygen atoms in total. The minimum atomic E-state index is -0.0154. The highest BCUT2D eigenvalue weighted by Gasteiger charge is 2.27. The summed E-state index contributed by atoms with van der Waals surface area (Å²) in [6.45, 7) is 9.64. The van der Waals surface area contributed by atoms with Crippen LogP contribution in [0, 0.1) is 5.92 Å². The van der Waals surface area contributed by atoms with Gasteiger partial charge in [-0.1, -0.05) is 13.8 Å². The molecule has 1 heterocycles. The molecule has 1 aliphatic heterocycles. The molecule has 0 aromatic carbocycles. The van der Waals surface area contributed by atoms with Crippen LogP contribution in [0.1, 0.15) is 27.2 Å². The van der Waals surface area contributed by atoms with Gasteiger partial charge in [0.1, 0.15) is 0 Å². The first-order valence-electron chi connectivity index (χ1n) is 6.15. The van der Waals surface area contributed by atoms with E-state index in [-0.39, 0.29) is 18.6 Å². The molecule has 1 amide bonds. The Kier molecular flexibility index (Phi) is 5.22. The van der Waals surface area contributed by atoms with Crippen LogP contribution in [0.5, 0.6) is 0 Å². The summed E-state index contributed by atoms with van der Waals surface area (Å²) >= 11 is 0. The van der Waals surface area contributed by atoms with Gasteiger partial charge in [-0.15, -0.1) is 0 Å². The summed E-state index contributed by atoms with van der Waals surface area (Å²) < 4.78 is 0. The van der Waals surface area contributed by atoms with E-state index in [4.69, 9.17) is 0 Å². The van der Waals surface area contributed by atoms with Gasteiger partial charge in [0.05, 0.1) is 12.6 Å². The molecule has 0 bridgehead atoms. The number of aliphatic hydroxyl groups is 1. The molecule has 0 saturated carbocycles. The first-order chi connectivity index (χ1) is 7.54. The third kappa shape index (κ3) is 3.76. The highest BCUT2D eigenvalue weighted by atomic mass is 16.3. The van der Waals surface area contributed by atoms with Crippen molar-refractivity contribution < 1.29 is 9.90 Å². The molecule has 0 spiro atoms. The van der Waals surface area contributed by atoms with Crippen LogP contribution in [0.2, 0.25) is 0 Å². The first kappa shape index (κ1) is 13.5. The SMILES string of the molecule is CC(=O)N1CCN(CCC(C)C)CC1CO. The Morgan fingerprint density at radius 3 is 2.62 bits per heavy atom. The van der Waals surface area contributed by atoms with Gasteiger partial charge in [0.15, 0.2) is 0 Å². The van der Waals surface area contributed by atoms with E-state index in [0.29, 0.717) is 5.92 Å². The summed E-state index contributed by atoms with van der Waals surface area (Å²) in [7, 11) is 0. The van der Waals surface area contributed by atoms with E-state index in [1.54, 1.807) is 11.8 Å². The fourth-order valence-corrected chi connectivity index (χ4v) is 2.13. The standard InChI is InChI=1S/C12H24N2O2/c1-10(2)4-5-13-6-7-14(11(3)16)12(8-13)9-15/h10,12,15H,4-9H2,1-3H3. The second-order valence-corrected chi connectivity index (χ2v) is 5.03. The van der Waals surface area contributed by atoms with E-state index in [0.717, 1.165) is 26.2 Å². The van der Waals surface area contributed by atoms with Crippen LogP contribution in [-0.4, -0.2) is 59.6 Å². The Labute approximate surface area is 98.2 Å². The van der Waals surface area contributed by atoms with E-state index in [2.05, 4.69) is 18.7 Å². The summed E-state index contributed by atoms with van der Waals surface area (Å²) in [6.07, 6.45) is 1.18. The summed E-state index contributed by atoms with van der Waals surface area (Å²) in [6, 6.07) is -0.0154. The Morgan fingerprint density at radius 2 is 2.12 bits per heavy atom. The number of piperazine rings is 1. The number of rotatable bonds is 4. The molecule has 0 radical (unpaired) electrons. The Morgan fingerprint density at radius 1 is 1.44 bits per heavy atom. The second kappa shape index (κ2) is 6.21. The lowest BCUT2D eigenvalue weighted by molar-refractivity contribution is -0.135. The third-order valence-corrected chi connectivity index (χ3v) is 3.20. The van der Waals surface area contributed by atoms with Gasteiger partial charge in [-0.05, 0) is 18.9 Å². The highest BCUT2D eigenvalue weighted by molar-refractivity contribution is 5.73. The van der Waals surface area contributed by atoms with Crippen molar-refractivity contribution in [1.29, 1.82) is 0 Å². The van der Waals surface area contributed by atoms with Gasteiger partial charge in [-0.2, -0.15) is 0 Å². The maximum Gasteiger partial charge on any atom is 0.219 e. The van der Waals surface area contributed by atoms with Gasteiger partial charge in [0, 0.05) is 26.6 Å². The molecule has 0 aromatic heterocycles. The Hall–Kier alpha value is -0.610. The zero-order valence-electron chi connectivity index (χ0n) is 10.6. The smallest absolute Gasteiger partial charge is 0.219 e. The van der Waals surface area contributed by atoms with Gasteiger partial charge in [-0.3, -0.25) is 9.69 Å². The molecular weight excluding hydrogens is 204 g/mol. The quantitative estimate of drug-likeness (QED) is 0.764. The Bertz CT molecular complexity index is 231. The number of hydrogen-bond acceptors (Lipinski definition) is 3. The zero-order chi connectivity index (χ0) is 12.1. The van der Waals surface area contributed by atoms with Gasteiger partial charge < -0.3 is 10.0 Å². The van der Waals surface area contributed by atoms with Crippen LogP contribution in [-0.2, 0) is 4.79 Å². The minimum absolute atomic E-state index is 0.0154. The van der Waals surface area contributed by atoms with Crippen molar-refractivity contribution >= 4 is 5.91 Å². The maximum absolute atomic E-state index is 11.3. The molecule has 1 rings (SSSR count). The van der Waals surface area contributed by atoms with Crippen molar-refractivity contribution in [3.8, 4) is 0 Å². The van der Waals surface area contributed by atoms with Crippen molar-refractivity contribution in [2.24, 2.45) is 5.92 Å². The monoisotopic (exact) mass is 228 g/mol. The van der Waals surface area contributed by atoms with Crippen LogP contribution in [0.25, 0.3) is 0 Å². The number of aliphatic hydroxyl groups excluding tert-OH is 1. The molecule has 16 heavy (non-hydrogen) atoms. The number of hydrogen-bond donors (Lipinski definition) is 1. The summed E-state index contributed by atoms with van der Waals surface area (Å²) in [5.41, 5.74) is 0. The predicted molar refractivity (Wildman–Crippen MR) is 64.2 cm³/mol. The lowest BCUT2D eigenvalue weighted by Gasteiger charge is -2.40. The van der Waals surface area contributed by atoms with E-state index >= 15 is 0 Å². The molecule has 1 unspecified atom stereocenters. The second-order valence-electron chi connectivity index (χ2n) is 5.03. The molecule has 0 aromatic rings. The van der Waals surface area contributed by atoms with Crippen LogP contribution in [0.15, 0.2) is 0 Å². The maximum atomic E-state index is 11.3. The van der Waals surface area contributed by atoms with Gasteiger partial charge in [0.25, 0.3) is 0 Å². The van der Waals surface area contributed by atoms with Crippen molar-refractivity contribution in [3.05, 3.63) is 0 Å². The summed E-state index contributed by atoms with van der Waals surface area (Å²) in [5.74, 6) is 0.779. The molecule has 1 fully saturated rings. The molecule has 1 saturated heterocycles. The number of nitrogens with zero attached hydrogens (tertiary/aromatic N) is 2. The van der Waals surface area contributed by atoms with Crippen molar-refractivity contribution in [2.75, 3.05) is 32.8 Å². The summed E-state index contributed by atoms with van der Waals surface area (Å²) in [5, 5.41) is 9.28. The summed E-state index contributed by atoms with van der Waals surface area (Å²) in [4.78, 5) is 15.5. The first-order valence-corrected chi connectivity index (χ1v) is 6.15. The average molecular weight is 228 g/mol. The lowest BCUT2D eigenvalue weighted by Crippen LogP contribution is -2.56. The van der Waals surface area contributed by atoms with E-state index in [1.165, 1.54) is 6.42 Å². The van der Waals surface area contributed by atoms with E-state index < -0.39 is 0 Å². The lowest BCUT2D eigenvalue weighted by atomic mass is 10.1. The zero-order valence-corrected chi connectivity index (χ0v) is 10.6. The topological polar surface area (TPSA) is 43.8 Å². The van der Waals surface area contributed by atoms with Crippen LogP contribution >= 0.6 is 0 Å². The van der Waals surface area contributed by atoms with Gasteiger partial charge in [-0.25, -0.2) is 0 Å². The highest BCUT2D eigenvalue weighted by Crippen LogP contribution is 2.11. The van der Waals surface area contributed by atoms with Crippen LogP contribution in [0.3, 0.4) is 0 Å². The van der Waals surface area contributed by atoms with E-state index in [9.17, 15) is 9.90 Å². The van der Waals surface area contributed by atoms with Gasteiger partial charge in [0.2, 0.25) is 5.91 Å². The fourth-order valence-electron chi connectivity index (χ4n) is 2.13. The molecule has 94 valence electrons. The molecule has 1 atom stereocenters.